The number of benzene rings is 1. The van der Waals surface area contributed by atoms with Gasteiger partial charge in [0.15, 0.2) is 0 Å². The standard InChI is InChI=1S/C13H13Br2NO4/c1-3-20-12-9(14)4-8(5-10(12)15)6-11(13(18)19)16-7(2)17/h4-6H,3H2,1-2H3,(H,16,17)(H,18,19)/p-1/b11-6+. The minimum absolute atomic E-state index is 0.305. The molecule has 20 heavy (non-hydrogen) atoms. The van der Waals surface area contributed by atoms with Gasteiger partial charge in [-0.15, -0.1) is 0 Å². The molecule has 0 aromatic heterocycles. The van der Waals surface area contributed by atoms with E-state index in [1.807, 2.05) is 6.92 Å². The topological polar surface area (TPSA) is 78.5 Å². The first kappa shape index (κ1) is 16.7. The highest BCUT2D eigenvalue weighted by molar-refractivity contribution is 9.11. The lowest BCUT2D eigenvalue weighted by molar-refractivity contribution is -0.299. The van der Waals surface area contributed by atoms with E-state index in [1.54, 1.807) is 12.1 Å². The molecule has 1 aromatic rings. The Morgan fingerprint density at radius 1 is 1.35 bits per heavy atom. The number of carbonyl (C=O) groups excluding carboxylic acids is 2. The maximum absolute atomic E-state index is 10.9. The van der Waals surface area contributed by atoms with Crippen molar-refractivity contribution in [3.05, 3.63) is 32.3 Å². The van der Waals surface area contributed by atoms with Crippen molar-refractivity contribution in [2.24, 2.45) is 0 Å². The molecule has 5 nitrogen and oxygen atoms in total. The number of amides is 1. The summed E-state index contributed by atoms with van der Waals surface area (Å²) in [4.78, 5) is 21.9. The van der Waals surface area contributed by atoms with E-state index in [0.717, 1.165) is 0 Å². The zero-order chi connectivity index (χ0) is 15.3. The molecule has 0 saturated heterocycles. The molecular weight excluding hydrogens is 394 g/mol. The summed E-state index contributed by atoms with van der Waals surface area (Å²) >= 11 is 6.68. The van der Waals surface area contributed by atoms with Crippen LogP contribution in [0.3, 0.4) is 0 Å². The second kappa shape index (κ2) is 7.44. The third kappa shape index (κ3) is 4.64. The summed E-state index contributed by atoms with van der Waals surface area (Å²) in [6, 6.07) is 3.36. The summed E-state index contributed by atoms with van der Waals surface area (Å²) in [7, 11) is 0. The molecule has 0 saturated carbocycles. The van der Waals surface area contributed by atoms with E-state index < -0.39 is 11.9 Å². The maximum Gasteiger partial charge on any atom is 0.221 e. The maximum atomic E-state index is 10.9. The monoisotopic (exact) mass is 404 g/mol. The number of rotatable bonds is 5. The van der Waals surface area contributed by atoms with E-state index in [9.17, 15) is 14.7 Å². The summed E-state index contributed by atoms with van der Waals surface area (Å²) in [5.41, 5.74) is 0.264. The molecule has 0 aliphatic carbocycles. The zero-order valence-electron chi connectivity index (χ0n) is 10.8. The van der Waals surface area contributed by atoms with Gasteiger partial charge in [-0.05, 0) is 62.6 Å². The fourth-order valence-electron chi connectivity index (χ4n) is 1.45. The van der Waals surface area contributed by atoms with Crippen LogP contribution in [-0.4, -0.2) is 18.5 Å². The van der Waals surface area contributed by atoms with Crippen LogP contribution in [0.2, 0.25) is 0 Å². The summed E-state index contributed by atoms with van der Waals surface area (Å²) in [6.45, 7) is 3.58. The predicted octanol–water partition coefficient (Wildman–Crippen LogP) is 1.84. The van der Waals surface area contributed by atoms with Gasteiger partial charge in [-0.25, -0.2) is 0 Å². The van der Waals surface area contributed by atoms with E-state index in [4.69, 9.17) is 4.74 Å². The van der Waals surface area contributed by atoms with Crippen LogP contribution in [0, 0.1) is 0 Å². The molecule has 1 amide bonds. The smallest absolute Gasteiger partial charge is 0.221 e. The molecule has 0 aliphatic rings. The molecule has 0 heterocycles. The number of carboxylic acid groups (broad SMARTS) is 1. The molecule has 108 valence electrons. The molecule has 0 unspecified atom stereocenters. The third-order valence-corrected chi connectivity index (χ3v) is 3.33. The number of carbonyl (C=O) groups is 2. The van der Waals surface area contributed by atoms with Gasteiger partial charge in [-0.3, -0.25) is 4.79 Å². The Labute approximate surface area is 133 Å². The van der Waals surface area contributed by atoms with Crippen LogP contribution < -0.4 is 15.2 Å². The van der Waals surface area contributed by atoms with Gasteiger partial charge in [0.25, 0.3) is 0 Å². The van der Waals surface area contributed by atoms with E-state index in [2.05, 4.69) is 37.2 Å². The van der Waals surface area contributed by atoms with E-state index in [0.29, 0.717) is 26.9 Å². The highest BCUT2D eigenvalue weighted by atomic mass is 79.9. The number of ether oxygens (including phenoxy) is 1. The predicted molar refractivity (Wildman–Crippen MR) is 79.8 cm³/mol. The molecule has 0 bridgehead atoms. The normalized spacial score (nSPS) is 11.1. The average molecular weight is 406 g/mol. The van der Waals surface area contributed by atoms with Crippen LogP contribution in [0.1, 0.15) is 19.4 Å². The molecule has 1 N–H and O–H groups in total. The Kier molecular flexibility index (Phi) is 6.22. The van der Waals surface area contributed by atoms with Crippen molar-refractivity contribution in [3.8, 4) is 5.75 Å². The molecule has 1 aromatic carbocycles. The van der Waals surface area contributed by atoms with Crippen LogP contribution in [0.4, 0.5) is 0 Å². The average Bonchev–Trinajstić information content (AvgIpc) is 2.32. The van der Waals surface area contributed by atoms with Crippen molar-refractivity contribution in [1.29, 1.82) is 0 Å². The highest BCUT2D eigenvalue weighted by Crippen LogP contribution is 2.35. The zero-order valence-corrected chi connectivity index (χ0v) is 14.0. The Balaban J connectivity index is 3.19. The van der Waals surface area contributed by atoms with Crippen molar-refractivity contribution in [2.75, 3.05) is 6.61 Å². The van der Waals surface area contributed by atoms with E-state index in [1.165, 1.54) is 13.0 Å². The SMILES string of the molecule is CCOc1c(Br)cc(/C=C(/NC(C)=O)C(=O)[O-])cc1Br. The van der Waals surface area contributed by atoms with Gasteiger partial charge in [-0.1, -0.05) is 0 Å². The van der Waals surface area contributed by atoms with Crippen molar-refractivity contribution in [3.63, 3.8) is 0 Å². The molecule has 1 rings (SSSR count). The second-order valence-corrected chi connectivity index (χ2v) is 5.48. The summed E-state index contributed by atoms with van der Waals surface area (Å²) in [5.74, 6) is -1.31. The molecule has 0 spiro atoms. The minimum atomic E-state index is -1.46. The number of hydrogen-bond acceptors (Lipinski definition) is 4. The lowest BCUT2D eigenvalue weighted by Crippen LogP contribution is -2.34. The molecular formula is C13H12Br2NO4-. The van der Waals surface area contributed by atoms with Gasteiger partial charge >= 0.3 is 0 Å². The van der Waals surface area contributed by atoms with E-state index >= 15 is 0 Å². The van der Waals surface area contributed by atoms with Crippen molar-refractivity contribution in [2.45, 2.75) is 13.8 Å². The number of hydrogen-bond donors (Lipinski definition) is 1. The van der Waals surface area contributed by atoms with Gasteiger partial charge in [-0.2, -0.15) is 0 Å². The first-order chi connectivity index (χ1) is 9.35. The molecule has 0 radical (unpaired) electrons. The lowest BCUT2D eigenvalue weighted by atomic mass is 10.2. The van der Waals surface area contributed by atoms with Crippen LogP contribution >= 0.6 is 31.9 Å². The Bertz CT molecular complexity index is 546. The molecule has 0 fully saturated rings. The van der Waals surface area contributed by atoms with Crippen molar-refractivity contribution >= 4 is 49.8 Å². The molecule has 0 atom stereocenters. The van der Waals surface area contributed by atoms with Crippen LogP contribution in [0.25, 0.3) is 6.08 Å². The van der Waals surface area contributed by atoms with Crippen molar-refractivity contribution < 1.29 is 19.4 Å². The summed E-state index contributed by atoms with van der Waals surface area (Å²) in [6.07, 6.45) is 1.31. The Morgan fingerprint density at radius 3 is 2.30 bits per heavy atom. The van der Waals surface area contributed by atoms with Gasteiger partial charge in [0.1, 0.15) is 5.75 Å². The van der Waals surface area contributed by atoms with E-state index in [-0.39, 0.29) is 5.70 Å². The Hall–Kier alpha value is -1.34. The van der Waals surface area contributed by atoms with Crippen LogP contribution in [0.5, 0.6) is 5.75 Å². The Morgan fingerprint density at radius 2 is 1.90 bits per heavy atom. The van der Waals surface area contributed by atoms with Gasteiger partial charge in [0.2, 0.25) is 5.91 Å². The summed E-state index contributed by atoms with van der Waals surface area (Å²) < 4.78 is 6.76. The summed E-state index contributed by atoms with van der Waals surface area (Å²) in [5, 5.41) is 13.1. The quantitative estimate of drug-likeness (QED) is 0.758. The van der Waals surface area contributed by atoms with Gasteiger partial charge in [0.05, 0.1) is 27.2 Å². The largest absolute Gasteiger partial charge is 0.543 e. The number of carboxylic acids is 1. The fraction of sp³-hybridized carbons (Fsp3) is 0.231. The molecule has 0 aliphatic heterocycles. The molecule has 7 heteroatoms. The minimum Gasteiger partial charge on any atom is -0.543 e. The number of aliphatic carboxylic acids is 1. The first-order valence-corrected chi connectivity index (χ1v) is 7.26. The van der Waals surface area contributed by atoms with Crippen molar-refractivity contribution in [1.82, 2.24) is 5.32 Å². The van der Waals surface area contributed by atoms with Gasteiger partial charge in [0, 0.05) is 6.92 Å². The number of nitrogens with one attached hydrogen (secondary N) is 1. The van der Waals surface area contributed by atoms with Crippen LogP contribution in [-0.2, 0) is 9.59 Å². The van der Waals surface area contributed by atoms with Crippen LogP contribution in [0.15, 0.2) is 26.8 Å². The van der Waals surface area contributed by atoms with Gasteiger partial charge < -0.3 is 20.0 Å². The number of halogens is 2. The third-order valence-electron chi connectivity index (χ3n) is 2.15. The second-order valence-electron chi connectivity index (χ2n) is 3.77. The highest BCUT2D eigenvalue weighted by Gasteiger charge is 2.09. The fourth-order valence-corrected chi connectivity index (χ4v) is 2.90. The lowest BCUT2D eigenvalue weighted by Gasteiger charge is -2.12. The first-order valence-electron chi connectivity index (χ1n) is 5.67.